The maximum Gasteiger partial charge on any atom is 0.405 e. The van der Waals surface area contributed by atoms with Gasteiger partial charge in [0, 0.05) is 0 Å². The quantitative estimate of drug-likeness (QED) is 0.792. The van der Waals surface area contributed by atoms with Crippen LogP contribution in [-0.2, 0) is 4.79 Å². The molecule has 0 saturated heterocycles. The van der Waals surface area contributed by atoms with Crippen LogP contribution in [0.4, 0.5) is 4.79 Å². The molecule has 2 rings (SSSR count). The highest BCUT2D eigenvalue weighted by Crippen LogP contribution is 2.20. The monoisotopic (exact) mass is 314 g/mol. The van der Waals surface area contributed by atoms with Crippen molar-refractivity contribution in [2.24, 2.45) is 5.92 Å². The van der Waals surface area contributed by atoms with Gasteiger partial charge in [0.1, 0.15) is 6.04 Å². The molecule has 0 radical (unpaired) electrons. The highest BCUT2D eigenvalue weighted by Gasteiger charge is 2.25. The van der Waals surface area contributed by atoms with E-state index in [1.807, 2.05) is 49.4 Å². The molecule has 5 nitrogen and oxygen atoms in total. The Balaban J connectivity index is 2.13. The van der Waals surface area contributed by atoms with E-state index >= 15 is 0 Å². The number of hydrogen-bond acceptors (Lipinski definition) is 2. The smallest absolute Gasteiger partial charge is 0.405 e. The van der Waals surface area contributed by atoms with Crippen LogP contribution in [0.1, 0.15) is 32.4 Å². The highest BCUT2D eigenvalue weighted by molar-refractivity contribution is 5.86. The number of carbonyl (C=O) groups excluding carboxylic acids is 1. The van der Waals surface area contributed by atoms with Crippen molar-refractivity contribution in [1.29, 1.82) is 0 Å². The van der Waals surface area contributed by atoms with E-state index in [9.17, 15) is 9.59 Å². The summed E-state index contributed by atoms with van der Waals surface area (Å²) in [5.41, 5.74) is 0.981. The standard InChI is InChI=1S/C18H22N2O3/c1-11(2)16(20-18(22)23)17(21)19-12(3)14-9-8-13-6-4-5-7-15(13)10-14/h4-12,16,20H,1-3H3,(H,19,21)(H,22,23). The molecular formula is C18H22N2O3. The zero-order valence-electron chi connectivity index (χ0n) is 13.5. The van der Waals surface area contributed by atoms with Gasteiger partial charge in [0.25, 0.3) is 0 Å². The second-order valence-corrected chi connectivity index (χ2v) is 6.01. The Bertz CT molecular complexity index is 712. The fraction of sp³-hybridized carbons (Fsp3) is 0.333. The second kappa shape index (κ2) is 7.13. The van der Waals surface area contributed by atoms with Gasteiger partial charge in [-0.15, -0.1) is 0 Å². The number of hydrogen-bond donors (Lipinski definition) is 3. The Hall–Kier alpha value is -2.56. The number of amides is 2. The van der Waals surface area contributed by atoms with Gasteiger partial charge >= 0.3 is 6.09 Å². The van der Waals surface area contributed by atoms with E-state index in [4.69, 9.17) is 5.11 Å². The number of carbonyl (C=O) groups is 2. The first kappa shape index (κ1) is 16.8. The van der Waals surface area contributed by atoms with E-state index in [1.165, 1.54) is 0 Å². The molecule has 2 amide bonds. The second-order valence-electron chi connectivity index (χ2n) is 6.01. The predicted molar refractivity (Wildman–Crippen MR) is 90.3 cm³/mol. The molecule has 0 heterocycles. The molecule has 2 aromatic rings. The molecule has 23 heavy (non-hydrogen) atoms. The lowest BCUT2D eigenvalue weighted by Gasteiger charge is -2.23. The molecule has 0 saturated carbocycles. The Morgan fingerprint density at radius 3 is 2.22 bits per heavy atom. The predicted octanol–water partition coefficient (Wildman–Crippen LogP) is 3.31. The van der Waals surface area contributed by atoms with E-state index in [2.05, 4.69) is 10.6 Å². The summed E-state index contributed by atoms with van der Waals surface area (Å²) in [7, 11) is 0. The molecule has 0 aliphatic carbocycles. The normalized spacial score (nSPS) is 13.6. The third-order valence-electron chi connectivity index (χ3n) is 3.86. The van der Waals surface area contributed by atoms with Crippen LogP contribution in [0.3, 0.4) is 0 Å². The topological polar surface area (TPSA) is 78.4 Å². The Labute approximate surface area is 135 Å². The minimum absolute atomic E-state index is 0.130. The first-order chi connectivity index (χ1) is 10.9. The Morgan fingerprint density at radius 1 is 0.957 bits per heavy atom. The van der Waals surface area contributed by atoms with E-state index in [0.29, 0.717) is 0 Å². The number of nitrogens with one attached hydrogen (secondary N) is 2. The van der Waals surface area contributed by atoms with Crippen molar-refractivity contribution in [3.63, 3.8) is 0 Å². The summed E-state index contributed by atoms with van der Waals surface area (Å²) >= 11 is 0. The Morgan fingerprint density at radius 2 is 1.61 bits per heavy atom. The van der Waals surface area contributed by atoms with E-state index in [-0.39, 0.29) is 17.9 Å². The average Bonchev–Trinajstić information content (AvgIpc) is 2.51. The van der Waals surface area contributed by atoms with Gasteiger partial charge in [-0.25, -0.2) is 4.79 Å². The molecule has 2 aromatic carbocycles. The maximum absolute atomic E-state index is 12.3. The van der Waals surface area contributed by atoms with Crippen LogP contribution in [0.5, 0.6) is 0 Å². The summed E-state index contributed by atoms with van der Waals surface area (Å²) in [4.78, 5) is 23.2. The fourth-order valence-corrected chi connectivity index (χ4v) is 2.53. The van der Waals surface area contributed by atoms with Gasteiger partial charge in [0.15, 0.2) is 0 Å². The molecule has 2 unspecified atom stereocenters. The zero-order chi connectivity index (χ0) is 17.0. The van der Waals surface area contributed by atoms with Crippen molar-refractivity contribution < 1.29 is 14.7 Å². The first-order valence-corrected chi connectivity index (χ1v) is 7.67. The molecule has 0 aliphatic rings. The van der Waals surface area contributed by atoms with Crippen LogP contribution < -0.4 is 10.6 Å². The summed E-state index contributed by atoms with van der Waals surface area (Å²) in [6.07, 6.45) is -1.20. The highest BCUT2D eigenvalue weighted by atomic mass is 16.4. The molecular weight excluding hydrogens is 292 g/mol. The van der Waals surface area contributed by atoms with Crippen LogP contribution in [0.25, 0.3) is 10.8 Å². The lowest BCUT2D eigenvalue weighted by atomic mass is 10.0. The lowest BCUT2D eigenvalue weighted by Crippen LogP contribution is -2.49. The van der Waals surface area contributed by atoms with Crippen molar-refractivity contribution in [2.75, 3.05) is 0 Å². The van der Waals surface area contributed by atoms with Crippen LogP contribution in [0.15, 0.2) is 42.5 Å². The van der Waals surface area contributed by atoms with Crippen LogP contribution in [0, 0.1) is 5.92 Å². The van der Waals surface area contributed by atoms with Gasteiger partial charge in [-0.2, -0.15) is 0 Å². The Kier molecular flexibility index (Phi) is 5.21. The van der Waals surface area contributed by atoms with Gasteiger partial charge in [-0.3, -0.25) is 4.79 Å². The van der Waals surface area contributed by atoms with Crippen molar-refractivity contribution in [2.45, 2.75) is 32.9 Å². The third-order valence-corrected chi connectivity index (χ3v) is 3.86. The van der Waals surface area contributed by atoms with Gasteiger partial charge < -0.3 is 15.7 Å². The molecule has 0 bridgehead atoms. The summed E-state index contributed by atoms with van der Waals surface area (Å²) in [6, 6.07) is 13.1. The average molecular weight is 314 g/mol. The number of benzene rings is 2. The summed E-state index contributed by atoms with van der Waals surface area (Å²) < 4.78 is 0. The molecule has 5 heteroatoms. The van der Waals surface area contributed by atoms with Gasteiger partial charge in [0.05, 0.1) is 6.04 Å². The van der Waals surface area contributed by atoms with Crippen molar-refractivity contribution in [3.8, 4) is 0 Å². The van der Waals surface area contributed by atoms with Crippen LogP contribution >= 0.6 is 0 Å². The van der Waals surface area contributed by atoms with Crippen molar-refractivity contribution in [1.82, 2.24) is 10.6 Å². The van der Waals surface area contributed by atoms with Gasteiger partial charge in [-0.1, -0.05) is 50.2 Å². The number of rotatable bonds is 5. The fourth-order valence-electron chi connectivity index (χ4n) is 2.53. The molecule has 2 atom stereocenters. The van der Waals surface area contributed by atoms with Crippen molar-refractivity contribution >= 4 is 22.8 Å². The first-order valence-electron chi connectivity index (χ1n) is 7.67. The summed E-state index contributed by atoms with van der Waals surface area (Å²) in [5.74, 6) is -0.446. The van der Waals surface area contributed by atoms with E-state index in [0.717, 1.165) is 16.3 Å². The van der Waals surface area contributed by atoms with Crippen LogP contribution in [0.2, 0.25) is 0 Å². The molecule has 3 N–H and O–H groups in total. The SMILES string of the molecule is CC(NC(=O)C(NC(=O)O)C(C)C)c1ccc2ccccc2c1. The molecule has 0 fully saturated rings. The van der Waals surface area contributed by atoms with Gasteiger partial charge in [-0.05, 0) is 35.2 Å². The molecule has 122 valence electrons. The minimum Gasteiger partial charge on any atom is -0.465 e. The van der Waals surface area contributed by atoms with E-state index in [1.54, 1.807) is 13.8 Å². The summed E-state index contributed by atoms with van der Waals surface area (Å²) in [6.45, 7) is 5.50. The van der Waals surface area contributed by atoms with Crippen LogP contribution in [-0.4, -0.2) is 23.1 Å². The number of fused-ring (bicyclic) bond motifs is 1. The third kappa shape index (κ3) is 4.22. The minimum atomic E-state index is -1.20. The molecule has 0 aliphatic heterocycles. The summed E-state index contributed by atoms with van der Waals surface area (Å²) in [5, 5.41) is 16.3. The largest absolute Gasteiger partial charge is 0.465 e. The maximum atomic E-state index is 12.3. The molecule has 0 spiro atoms. The van der Waals surface area contributed by atoms with E-state index < -0.39 is 12.1 Å². The van der Waals surface area contributed by atoms with Crippen molar-refractivity contribution in [3.05, 3.63) is 48.0 Å². The zero-order valence-corrected chi connectivity index (χ0v) is 13.5. The molecule has 0 aromatic heterocycles. The number of carboxylic acid groups (broad SMARTS) is 1. The lowest BCUT2D eigenvalue weighted by molar-refractivity contribution is -0.124. The van der Waals surface area contributed by atoms with Gasteiger partial charge in [0.2, 0.25) is 5.91 Å².